The summed E-state index contributed by atoms with van der Waals surface area (Å²) in [5.74, 6) is -0.696. The highest BCUT2D eigenvalue weighted by molar-refractivity contribution is 7.50. The molecule has 8 heteroatoms. The first kappa shape index (κ1) is 18.4. The van der Waals surface area contributed by atoms with E-state index in [9.17, 15) is 19.9 Å². The molecule has 0 fully saturated rings. The van der Waals surface area contributed by atoms with Gasteiger partial charge in [0.1, 0.15) is 11.5 Å². The fraction of sp³-hybridized carbons (Fsp3) is 0.312. The molecule has 7 nitrogen and oxygen atoms in total. The van der Waals surface area contributed by atoms with Gasteiger partial charge >= 0.3 is 7.75 Å². The van der Waals surface area contributed by atoms with Crippen molar-refractivity contribution in [2.24, 2.45) is 10.7 Å². The third kappa shape index (κ3) is 5.62. The molecule has 0 saturated carbocycles. The molecular formula is C16H20NO6P. The van der Waals surface area contributed by atoms with E-state index < -0.39 is 19.8 Å². The van der Waals surface area contributed by atoms with Gasteiger partial charge in [-0.25, -0.2) is 4.57 Å². The minimum Gasteiger partial charge on any atom is -0.508 e. The second-order valence-corrected chi connectivity index (χ2v) is 6.84. The Morgan fingerprint density at radius 1 is 1.21 bits per heavy atom. The number of hydrogen-bond donors (Lipinski definition) is 5. The lowest BCUT2D eigenvalue weighted by Gasteiger charge is -2.23. The molecular weight excluding hydrogens is 333 g/mol. The van der Waals surface area contributed by atoms with E-state index in [0.717, 1.165) is 5.56 Å². The van der Waals surface area contributed by atoms with Crippen molar-refractivity contribution in [3.05, 3.63) is 53.8 Å². The van der Waals surface area contributed by atoms with Crippen LogP contribution < -0.4 is 0 Å². The zero-order valence-electron chi connectivity index (χ0n) is 12.9. The summed E-state index contributed by atoms with van der Waals surface area (Å²) in [7, 11) is -4.62. The average molecular weight is 353 g/mol. The van der Waals surface area contributed by atoms with Gasteiger partial charge in [-0.3, -0.25) is 0 Å². The second-order valence-electron chi connectivity index (χ2n) is 5.62. The van der Waals surface area contributed by atoms with E-state index in [1.54, 1.807) is 18.2 Å². The van der Waals surface area contributed by atoms with Crippen LogP contribution in [0, 0.1) is 5.92 Å². The summed E-state index contributed by atoms with van der Waals surface area (Å²) in [5, 5.41) is 29.3. The van der Waals surface area contributed by atoms with Crippen molar-refractivity contribution >= 4 is 13.5 Å². The predicted molar refractivity (Wildman–Crippen MR) is 89.9 cm³/mol. The van der Waals surface area contributed by atoms with Gasteiger partial charge < -0.3 is 25.1 Å². The topological polar surface area (TPSA) is 131 Å². The van der Waals surface area contributed by atoms with Gasteiger partial charge in [0.25, 0.3) is 0 Å². The fourth-order valence-corrected chi connectivity index (χ4v) is 3.07. The average Bonchev–Trinajstić information content (AvgIpc) is 2.47. The Hall–Kier alpha value is -1.92. The molecule has 2 atom stereocenters. The molecule has 0 bridgehead atoms. The monoisotopic (exact) mass is 353 g/mol. The standard InChI is InChI=1S/C16H20NO6P/c18-12-5-1-3-11(9-12)4-2-6-16(20)14-10-13(19)7-8-15(14)17-24(21,22)23/h1,3,5,7-10,14,16,18-20H,2,4,6H2,(H2,21,22,23). The molecule has 1 aromatic rings. The number of phenols is 1. The zero-order valence-corrected chi connectivity index (χ0v) is 13.8. The number of aliphatic hydroxyl groups is 2. The smallest absolute Gasteiger partial charge is 0.448 e. The molecule has 5 N–H and O–H groups in total. The van der Waals surface area contributed by atoms with Gasteiger partial charge in [-0.15, -0.1) is 0 Å². The number of nitrogens with zero attached hydrogens (tertiary/aromatic N) is 1. The number of rotatable bonds is 6. The molecule has 0 aromatic heterocycles. The summed E-state index contributed by atoms with van der Waals surface area (Å²) in [6.45, 7) is 0. The van der Waals surface area contributed by atoms with E-state index in [1.165, 1.54) is 18.2 Å². The molecule has 130 valence electrons. The lowest BCUT2D eigenvalue weighted by atomic mass is 9.89. The van der Waals surface area contributed by atoms with Gasteiger partial charge in [-0.1, -0.05) is 12.1 Å². The molecule has 1 aromatic carbocycles. The number of phenolic OH excluding ortho intramolecular Hbond substituents is 1. The number of aryl methyl sites for hydroxylation is 1. The maximum atomic E-state index is 11.1. The summed E-state index contributed by atoms with van der Waals surface area (Å²) < 4.78 is 14.4. The van der Waals surface area contributed by atoms with Crippen LogP contribution in [0.5, 0.6) is 5.75 Å². The molecule has 2 unspecified atom stereocenters. The Balaban J connectivity index is 2.01. The lowest BCUT2D eigenvalue weighted by molar-refractivity contribution is 0.142. The highest BCUT2D eigenvalue weighted by atomic mass is 31.2. The summed E-state index contributed by atoms with van der Waals surface area (Å²) in [5.41, 5.74) is 0.958. The van der Waals surface area contributed by atoms with Crippen molar-refractivity contribution in [2.45, 2.75) is 25.4 Å². The highest BCUT2D eigenvalue weighted by Crippen LogP contribution is 2.38. The zero-order chi connectivity index (χ0) is 17.7. The van der Waals surface area contributed by atoms with Gasteiger partial charge in [0, 0.05) is 5.92 Å². The summed E-state index contributed by atoms with van der Waals surface area (Å²) >= 11 is 0. The van der Waals surface area contributed by atoms with E-state index in [-0.39, 0.29) is 17.2 Å². The summed E-state index contributed by atoms with van der Waals surface area (Å²) in [4.78, 5) is 18.0. The van der Waals surface area contributed by atoms with Crippen molar-refractivity contribution in [2.75, 3.05) is 0 Å². The van der Waals surface area contributed by atoms with Gasteiger partial charge in [-0.2, -0.15) is 4.76 Å². The van der Waals surface area contributed by atoms with Crippen LogP contribution in [0.4, 0.5) is 0 Å². The summed E-state index contributed by atoms with van der Waals surface area (Å²) in [6.07, 6.45) is 4.52. The van der Waals surface area contributed by atoms with E-state index in [2.05, 4.69) is 4.76 Å². The number of aromatic hydroxyl groups is 1. The SMILES string of the molecule is O=P(O)(O)N=C1C=CC(O)=CC1C(O)CCCc1cccc(O)c1. The van der Waals surface area contributed by atoms with Gasteiger partial charge in [0.05, 0.1) is 11.8 Å². The van der Waals surface area contributed by atoms with Crippen LogP contribution in [0.25, 0.3) is 0 Å². The molecule has 0 radical (unpaired) electrons. The molecule has 0 aliphatic heterocycles. The van der Waals surface area contributed by atoms with Crippen molar-refractivity contribution in [3.8, 4) is 5.75 Å². The number of aliphatic hydroxyl groups excluding tert-OH is 2. The van der Waals surface area contributed by atoms with Crippen molar-refractivity contribution in [1.82, 2.24) is 0 Å². The Labute approximate surface area is 139 Å². The first-order valence-corrected chi connectivity index (χ1v) is 9.01. The van der Waals surface area contributed by atoms with Gasteiger partial charge in [0.15, 0.2) is 0 Å². The summed E-state index contributed by atoms with van der Waals surface area (Å²) in [6, 6.07) is 6.81. The fourth-order valence-electron chi connectivity index (χ4n) is 2.57. The molecule has 1 aliphatic carbocycles. The molecule has 0 saturated heterocycles. The third-order valence-electron chi connectivity index (χ3n) is 3.65. The molecule has 0 amide bonds. The van der Waals surface area contributed by atoms with Crippen LogP contribution in [0.15, 0.2) is 53.0 Å². The first-order valence-electron chi connectivity index (χ1n) is 7.45. The van der Waals surface area contributed by atoms with Crippen LogP contribution in [-0.4, -0.2) is 36.9 Å². The molecule has 1 aliphatic rings. The molecule has 0 spiro atoms. The van der Waals surface area contributed by atoms with Crippen molar-refractivity contribution in [3.63, 3.8) is 0 Å². The Kier molecular flexibility index (Phi) is 5.96. The van der Waals surface area contributed by atoms with Crippen molar-refractivity contribution < 1.29 is 29.7 Å². The molecule has 24 heavy (non-hydrogen) atoms. The lowest BCUT2D eigenvalue weighted by Crippen LogP contribution is -2.27. The van der Waals surface area contributed by atoms with Crippen LogP contribution >= 0.6 is 7.75 Å². The van der Waals surface area contributed by atoms with Crippen LogP contribution in [-0.2, 0) is 11.0 Å². The minimum absolute atomic E-state index is 0.0333. The quantitative estimate of drug-likeness (QED) is 0.499. The Morgan fingerprint density at radius 2 is 1.96 bits per heavy atom. The normalized spacial score (nSPS) is 20.9. The molecule has 0 heterocycles. The Morgan fingerprint density at radius 3 is 2.62 bits per heavy atom. The predicted octanol–water partition coefficient (Wildman–Crippen LogP) is 2.24. The van der Waals surface area contributed by atoms with Gasteiger partial charge in [0.2, 0.25) is 0 Å². The minimum atomic E-state index is -4.62. The van der Waals surface area contributed by atoms with E-state index in [0.29, 0.717) is 19.3 Å². The second kappa shape index (κ2) is 7.77. The largest absolute Gasteiger partial charge is 0.508 e. The maximum Gasteiger partial charge on any atom is 0.448 e. The number of hydrogen-bond acceptors (Lipinski definition) is 4. The highest BCUT2D eigenvalue weighted by Gasteiger charge is 2.26. The molecule has 2 rings (SSSR count). The van der Waals surface area contributed by atoms with Crippen LogP contribution in [0.3, 0.4) is 0 Å². The van der Waals surface area contributed by atoms with E-state index in [1.807, 2.05) is 6.07 Å². The van der Waals surface area contributed by atoms with Crippen molar-refractivity contribution in [1.29, 1.82) is 0 Å². The van der Waals surface area contributed by atoms with Crippen LogP contribution in [0.1, 0.15) is 18.4 Å². The van der Waals surface area contributed by atoms with E-state index in [4.69, 9.17) is 9.79 Å². The van der Waals surface area contributed by atoms with E-state index >= 15 is 0 Å². The van der Waals surface area contributed by atoms with Crippen LogP contribution in [0.2, 0.25) is 0 Å². The first-order chi connectivity index (χ1) is 11.2. The maximum absolute atomic E-state index is 11.1. The van der Waals surface area contributed by atoms with Gasteiger partial charge in [-0.05, 0) is 55.2 Å². The number of allylic oxidation sites excluding steroid dienone is 2. The number of benzene rings is 1. The third-order valence-corrected chi connectivity index (χ3v) is 4.14. The Bertz CT molecular complexity index is 721.